The van der Waals surface area contributed by atoms with E-state index in [9.17, 15) is 5.26 Å². The number of benzene rings is 2. The zero-order chi connectivity index (χ0) is 22.2. The van der Waals surface area contributed by atoms with Crippen LogP contribution in [0.25, 0.3) is 11.1 Å². The molecule has 0 fully saturated rings. The van der Waals surface area contributed by atoms with Crippen molar-refractivity contribution in [3.05, 3.63) is 93.8 Å². The van der Waals surface area contributed by atoms with Crippen LogP contribution in [0.15, 0.2) is 77.2 Å². The first-order valence-corrected chi connectivity index (χ1v) is 10.6. The summed E-state index contributed by atoms with van der Waals surface area (Å²) in [6.45, 7) is 6.39. The van der Waals surface area contributed by atoms with Gasteiger partial charge in [-0.3, -0.25) is 0 Å². The highest BCUT2D eigenvalue weighted by Crippen LogP contribution is 2.49. The van der Waals surface area contributed by atoms with Crippen molar-refractivity contribution < 1.29 is 0 Å². The molecule has 0 saturated heterocycles. The largest absolute Gasteiger partial charge is 0.370 e. The highest BCUT2D eigenvalue weighted by atomic mass is 32.1. The van der Waals surface area contributed by atoms with Crippen molar-refractivity contribution in [2.24, 2.45) is 10.7 Å². The molecular weight excluding hydrogens is 402 g/mol. The molecule has 4 rings (SSSR count). The minimum absolute atomic E-state index is 0.144. The summed E-state index contributed by atoms with van der Waals surface area (Å²) >= 11 is 1.62. The second-order valence-electron chi connectivity index (χ2n) is 7.73. The van der Waals surface area contributed by atoms with Gasteiger partial charge in [-0.15, -0.1) is 11.3 Å². The Balaban J connectivity index is 1.83. The second kappa shape index (κ2) is 7.75. The van der Waals surface area contributed by atoms with Crippen LogP contribution in [0.2, 0.25) is 0 Å². The van der Waals surface area contributed by atoms with Crippen molar-refractivity contribution in [1.29, 1.82) is 10.5 Å². The summed E-state index contributed by atoms with van der Waals surface area (Å²) in [6, 6.07) is 21.6. The molecule has 0 amide bonds. The summed E-state index contributed by atoms with van der Waals surface area (Å²) in [5.74, 6) is 0.272. The fourth-order valence-electron chi connectivity index (χ4n) is 4.03. The molecule has 0 unspecified atom stereocenters. The number of rotatable bonds is 3. The maximum Gasteiger partial charge on any atom is 0.196 e. The van der Waals surface area contributed by atoms with Gasteiger partial charge < -0.3 is 10.6 Å². The van der Waals surface area contributed by atoms with Crippen molar-refractivity contribution in [2.75, 3.05) is 7.05 Å². The third-order valence-electron chi connectivity index (χ3n) is 5.81. The smallest absolute Gasteiger partial charge is 0.196 e. The summed E-state index contributed by atoms with van der Waals surface area (Å²) in [5.41, 5.74) is 10.7. The van der Waals surface area contributed by atoms with Gasteiger partial charge in [0.05, 0.1) is 29.2 Å². The molecule has 1 aliphatic heterocycles. The van der Waals surface area contributed by atoms with Crippen molar-refractivity contribution in [3.63, 3.8) is 0 Å². The molecular formula is C25H21N5S. The lowest BCUT2D eigenvalue weighted by molar-refractivity contribution is 0.355. The minimum atomic E-state index is -0.655. The first-order chi connectivity index (χ1) is 14.9. The average molecular weight is 424 g/mol. The molecule has 5 nitrogen and oxygen atoms in total. The van der Waals surface area contributed by atoms with E-state index in [1.54, 1.807) is 17.4 Å². The SMILES string of the molecule is C=C1[C@H](c2ccc(C#N)cc2)[C@@](C)(c2cc(-c3cccc(C#N)c3)cs2)N=C(N)N1C. The highest BCUT2D eigenvalue weighted by Gasteiger charge is 2.44. The van der Waals surface area contributed by atoms with Crippen molar-refractivity contribution in [3.8, 4) is 23.3 Å². The lowest BCUT2D eigenvalue weighted by Gasteiger charge is -2.43. The Labute approximate surface area is 186 Å². The summed E-state index contributed by atoms with van der Waals surface area (Å²) < 4.78 is 0. The standard InChI is InChI=1S/C25H21N5S/c1-16-23(19-9-7-17(13-26)8-10-19)25(2,29-24(28)30(16)3)22-12-21(15-31-22)20-6-4-5-18(11-20)14-27/h4-12,15,23H,1H2,2-3H3,(H2,28,29)/t23-,25-/m1/s1. The van der Waals surface area contributed by atoms with E-state index >= 15 is 0 Å². The van der Waals surface area contributed by atoms with Crippen LogP contribution in [-0.2, 0) is 5.54 Å². The maximum atomic E-state index is 9.23. The van der Waals surface area contributed by atoms with E-state index in [1.165, 1.54) is 0 Å². The molecule has 2 aromatic carbocycles. The lowest BCUT2D eigenvalue weighted by Crippen LogP contribution is -2.46. The molecule has 3 aromatic rings. The fraction of sp³-hybridized carbons (Fsp3) is 0.160. The van der Waals surface area contributed by atoms with Gasteiger partial charge in [0.2, 0.25) is 0 Å². The molecule has 6 heteroatoms. The van der Waals surface area contributed by atoms with Crippen LogP contribution < -0.4 is 5.73 Å². The van der Waals surface area contributed by atoms with E-state index in [1.807, 2.05) is 54.4 Å². The number of aliphatic imine (C=N–C) groups is 1. The van der Waals surface area contributed by atoms with Gasteiger partial charge >= 0.3 is 0 Å². The minimum Gasteiger partial charge on any atom is -0.370 e. The van der Waals surface area contributed by atoms with Crippen molar-refractivity contribution in [1.82, 2.24) is 4.90 Å². The van der Waals surface area contributed by atoms with Crippen molar-refractivity contribution >= 4 is 17.3 Å². The van der Waals surface area contributed by atoms with Crippen LogP contribution >= 0.6 is 11.3 Å². The van der Waals surface area contributed by atoms with E-state index in [4.69, 9.17) is 16.0 Å². The van der Waals surface area contributed by atoms with Gasteiger partial charge in [-0.05, 0) is 59.3 Å². The van der Waals surface area contributed by atoms with Crippen LogP contribution in [0.3, 0.4) is 0 Å². The van der Waals surface area contributed by atoms with Gasteiger partial charge in [0.25, 0.3) is 0 Å². The number of nitrogens with zero attached hydrogens (tertiary/aromatic N) is 4. The Hall–Kier alpha value is -3.87. The van der Waals surface area contributed by atoms with Gasteiger partial charge in [0.15, 0.2) is 5.96 Å². The van der Waals surface area contributed by atoms with Crippen LogP contribution in [0.1, 0.15) is 34.4 Å². The number of nitriles is 2. The molecule has 0 bridgehead atoms. The van der Waals surface area contributed by atoms with E-state index < -0.39 is 5.54 Å². The Morgan fingerprint density at radius 2 is 1.77 bits per heavy atom. The van der Waals surface area contributed by atoms with Crippen LogP contribution in [-0.4, -0.2) is 17.9 Å². The van der Waals surface area contributed by atoms with Gasteiger partial charge in [0.1, 0.15) is 5.54 Å². The average Bonchev–Trinajstić information content (AvgIpc) is 3.29. The number of thiophene rings is 1. The molecule has 0 aliphatic carbocycles. The highest BCUT2D eigenvalue weighted by molar-refractivity contribution is 7.10. The topological polar surface area (TPSA) is 89.2 Å². The fourth-order valence-corrected chi connectivity index (χ4v) is 5.08. The number of hydrogen-bond acceptors (Lipinski definition) is 6. The molecule has 0 spiro atoms. The van der Waals surface area contributed by atoms with E-state index in [0.717, 1.165) is 27.3 Å². The number of guanidine groups is 1. The summed E-state index contributed by atoms with van der Waals surface area (Å²) in [4.78, 5) is 7.78. The number of nitrogens with two attached hydrogens (primary N) is 1. The molecule has 31 heavy (non-hydrogen) atoms. The van der Waals surface area contributed by atoms with Gasteiger partial charge in [-0.25, -0.2) is 4.99 Å². The molecule has 0 saturated carbocycles. The predicted molar refractivity (Wildman–Crippen MR) is 124 cm³/mol. The predicted octanol–water partition coefficient (Wildman–Crippen LogP) is 4.93. The van der Waals surface area contributed by atoms with E-state index in [0.29, 0.717) is 17.1 Å². The molecule has 1 aromatic heterocycles. The van der Waals surface area contributed by atoms with Crippen LogP contribution in [0.5, 0.6) is 0 Å². The van der Waals surface area contributed by atoms with Crippen LogP contribution in [0, 0.1) is 22.7 Å². The molecule has 1 aliphatic rings. The summed E-state index contributed by atoms with van der Waals surface area (Å²) in [7, 11) is 1.87. The normalized spacial score (nSPS) is 20.6. The van der Waals surface area contributed by atoms with Crippen molar-refractivity contribution in [2.45, 2.75) is 18.4 Å². The molecule has 0 radical (unpaired) electrons. The monoisotopic (exact) mass is 423 g/mol. The quantitative estimate of drug-likeness (QED) is 0.647. The Bertz CT molecular complexity index is 1270. The van der Waals surface area contributed by atoms with Gasteiger partial charge in [-0.1, -0.05) is 30.8 Å². The third kappa shape index (κ3) is 3.48. The molecule has 2 atom stereocenters. The van der Waals surface area contributed by atoms with Gasteiger partial charge in [-0.2, -0.15) is 10.5 Å². The lowest BCUT2D eigenvalue weighted by atomic mass is 9.76. The number of hydrogen-bond donors (Lipinski definition) is 1. The number of likely N-dealkylation sites (N-methyl/N-ethyl adjacent to an activating group) is 1. The van der Waals surface area contributed by atoms with Crippen LogP contribution in [0.4, 0.5) is 0 Å². The van der Waals surface area contributed by atoms with E-state index in [2.05, 4.69) is 37.1 Å². The Morgan fingerprint density at radius 1 is 1.06 bits per heavy atom. The zero-order valence-corrected chi connectivity index (χ0v) is 18.1. The zero-order valence-electron chi connectivity index (χ0n) is 17.3. The van der Waals surface area contributed by atoms with Gasteiger partial charge in [0, 0.05) is 17.6 Å². The Kier molecular flexibility index (Phi) is 5.10. The maximum absolute atomic E-state index is 9.23. The first-order valence-electron chi connectivity index (χ1n) is 9.75. The molecule has 2 N–H and O–H groups in total. The second-order valence-corrected chi connectivity index (χ2v) is 8.64. The summed E-state index contributed by atoms with van der Waals surface area (Å²) in [5, 5.41) is 20.5. The summed E-state index contributed by atoms with van der Waals surface area (Å²) in [6.07, 6.45) is 0. The third-order valence-corrected chi connectivity index (χ3v) is 6.97. The van der Waals surface area contributed by atoms with E-state index in [-0.39, 0.29) is 5.92 Å². The Morgan fingerprint density at radius 3 is 2.45 bits per heavy atom. The first kappa shape index (κ1) is 20.4. The molecule has 2 heterocycles. The molecule has 152 valence electrons.